The number of aryl methyl sites for hydroxylation is 1. The molecule has 3 rings (SSSR count). The van der Waals surface area contributed by atoms with Crippen molar-refractivity contribution in [1.29, 1.82) is 0 Å². The number of fused-ring (bicyclic) bond motifs is 1. The molecular weight excluding hydrogens is 270 g/mol. The van der Waals surface area contributed by atoms with Gasteiger partial charge < -0.3 is 10.1 Å². The van der Waals surface area contributed by atoms with Crippen molar-refractivity contribution in [2.24, 2.45) is 7.05 Å². The average Bonchev–Trinajstić information content (AvgIpc) is 3.02. The molecule has 7 nitrogen and oxygen atoms in total. The topological polar surface area (TPSA) is 84.8 Å². The molecule has 0 aromatic carbocycles. The van der Waals surface area contributed by atoms with E-state index in [0.29, 0.717) is 18.7 Å². The van der Waals surface area contributed by atoms with Gasteiger partial charge in [0.1, 0.15) is 0 Å². The maximum atomic E-state index is 12.3. The van der Waals surface area contributed by atoms with Crippen LogP contribution in [0.2, 0.25) is 0 Å². The van der Waals surface area contributed by atoms with E-state index in [1.54, 1.807) is 10.9 Å². The summed E-state index contributed by atoms with van der Waals surface area (Å²) in [6.07, 6.45) is 4.34. The van der Waals surface area contributed by atoms with Gasteiger partial charge in [-0.05, 0) is 13.8 Å². The highest BCUT2D eigenvalue weighted by Crippen LogP contribution is 2.29. The lowest BCUT2D eigenvalue weighted by molar-refractivity contribution is -0.00697. The van der Waals surface area contributed by atoms with Gasteiger partial charge in [-0.15, -0.1) is 0 Å². The number of carbonyl (C=O) groups is 1. The summed E-state index contributed by atoms with van der Waals surface area (Å²) in [6, 6.07) is 0. The molecule has 0 bridgehead atoms. The second-order valence-corrected chi connectivity index (χ2v) is 5.46. The van der Waals surface area contributed by atoms with Crippen molar-refractivity contribution in [2.45, 2.75) is 39.0 Å². The van der Waals surface area contributed by atoms with Gasteiger partial charge >= 0.3 is 0 Å². The van der Waals surface area contributed by atoms with Crippen LogP contribution in [0.4, 0.5) is 0 Å². The van der Waals surface area contributed by atoms with Crippen molar-refractivity contribution in [3.63, 3.8) is 0 Å². The van der Waals surface area contributed by atoms with E-state index in [1.165, 1.54) is 0 Å². The SMILES string of the molecule is C[C@@H]1Cc2c(C(=O)NCc3cnn(C)c3)n[nH]c2[C@H](C)O1. The number of aromatic nitrogens is 4. The van der Waals surface area contributed by atoms with Crippen LogP contribution in [-0.4, -0.2) is 32.0 Å². The lowest BCUT2D eigenvalue weighted by Crippen LogP contribution is -2.27. The first-order chi connectivity index (χ1) is 10.0. The van der Waals surface area contributed by atoms with Crippen LogP contribution >= 0.6 is 0 Å². The lowest BCUT2D eigenvalue weighted by Gasteiger charge is -2.25. The number of aromatic amines is 1. The van der Waals surface area contributed by atoms with Crippen LogP contribution in [0.3, 0.4) is 0 Å². The minimum Gasteiger partial charge on any atom is -0.369 e. The molecule has 2 atom stereocenters. The maximum Gasteiger partial charge on any atom is 0.272 e. The van der Waals surface area contributed by atoms with Crippen LogP contribution in [0.1, 0.15) is 47.3 Å². The number of nitrogens with one attached hydrogen (secondary N) is 2. The molecule has 0 aliphatic carbocycles. The summed E-state index contributed by atoms with van der Waals surface area (Å²) in [4.78, 5) is 12.3. The Kier molecular flexibility index (Phi) is 3.50. The van der Waals surface area contributed by atoms with Gasteiger partial charge in [0.2, 0.25) is 0 Å². The molecule has 0 spiro atoms. The van der Waals surface area contributed by atoms with E-state index in [-0.39, 0.29) is 18.1 Å². The van der Waals surface area contributed by atoms with E-state index in [0.717, 1.165) is 16.8 Å². The summed E-state index contributed by atoms with van der Waals surface area (Å²) >= 11 is 0. The van der Waals surface area contributed by atoms with Gasteiger partial charge in [0.05, 0.1) is 24.1 Å². The van der Waals surface area contributed by atoms with Gasteiger partial charge in [-0.2, -0.15) is 10.2 Å². The number of H-pyrrole nitrogens is 1. The van der Waals surface area contributed by atoms with E-state index < -0.39 is 0 Å². The molecule has 0 radical (unpaired) electrons. The quantitative estimate of drug-likeness (QED) is 0.886. The molecule has 112 valence electrons. The number of nitrogens with zero attached hydrogens (tertiary/aromatic N) is 3. The number of amides is 1. The van der Waals surface area contributed by atoms with Gasteiger partial charge in [0.15, 0.2) is 5.69 Å². The zero-order valence-corrected chi connectivity index (χ0v) is 12.4. The fraction of sp³-hybridized carbons (Fsp3) is 0.500. The Morgan fingerprint density at radius 2 is 2.38 bits per heavy atom. The molecule has 7 heteroatoms. The average molecular weight is 289 g/mol. The molecular formula is C14H19N5O2. The Morgan fingerprint density at radius 1 is 1.57 bits per heavy atom. The summed E-state index contributed by atoms with van der Waals surface area (Å²) < 4.78 is 7.43. The number of carbonyl (C=O) groups excluding carboxylic acids is 1. The fourth-order valence-corrected chi connectivity index (χ4v) is 2.69. The molecule has 2 N–H and O–H groups in total. The van der Waals surface area contributed by atoms with Crippen molar-refractivity contribution in [3.8, 4) is 0 Å². The van der Waals surface area contributed by atoms with Crippen LogP contribution in [0.15, 0.2) is 12.4 Å². The first-order valence-electron chi connectivity index (χ1n) is 7.03. The summed E-state index contributed by atoms with van der Waals surface area (Å²) in [5, 5.41) is 14.0. The minimum atomic E-state index is -0.169. The highest BCUT2D eigenvalue weighted by molar-refractivity contribution is 5.94. The number of ether oxygens (including phenoxy) is 1. The number of hydrogen-bond acceptors (Lipinski definition) is 4. The normalized spacial score (nSPS) is 21.1. The minimum absolute atomic E-state index is 0.0591. The molecule has 21 heavy (non-hydrogen) atoms. The van der Waals surface area contributed by atoms with Crippen molar-refractivity contribution in [1.82, 2.24) is 25.3 Å². The van der Waals surface area contributed by atoms with E-state index in [9.17, 15) is 4.79 Å². The Labute approximate surface area is 122 Å². The van der Waals surface area contributed by atoms with Crippen molar-refractivity contribution >= 4 is 5.91 Å². The predicted octanol–water partition coefficient (Wildman–Crippen LogP) is 1.10. The Hall–Kier alpha value is -2.15. The second kappa shape index (κ2) is 5.33. The first-order valence-corrected chi connectivity index (χ1v) is 7.03. The monoisotopic (exact) mass is 289 g/mol. The van der Waals surface area contributed by atoms with Crippen LogP contribution < -0.4 is 5.32 Å². The van der Waals surface area contributed by atoms with Crippen LogP contribution in [0, 0.1) is 0 Å². The molecule has 1 aliphatic heterocycles. The van der Waals surface area contributed by atoms with E-state index >= 15 is 0 Å². The third-order valence-electron chi connectivity index (χ3n) is 3.66. The third-order valence-corrected chi connectivity index (χ3v) is 3.66. The summed E-state index contributed by atoms with van der Waals surface area (Å²) in [7, 11) is 1.85. The lowest BCUT2D eigenvalue weighted by atomic mass is 9.99. The third kappa shape index (κ3) is 2.69. The molecule has 3 heterocycles. The largest absolute Gasteiger partial charge is 0.369 e. The van der Waals surface area contributed by atoms with E-state index in [1.807, 2.05) is 27.1 Å². The molecule has 2 aromatic heterocycles. The number of hydrogen-bond donors (Lipinski definition) is 2. The summed E-state index contributed by atoms with van der Waals surface area (Å²) in [6.45, 7) is 4.41. The van der Waals surface area contributed by atoms with Crippen LogP contribution in [-0.2, 0) is 24.8 Å². The smallest absolute Gasteiger partial charge is 0.272 e. The Bertz CT molecular complexity index is 660. The predicted molar refractivity (Wildman–Crippen MR) is 75.6 cm³/mol. The maximum absolute atomic E-state index is 12.3. The van der Waals surface area contributed by atoms with Crippen molar-refractivity contribution in [2.75, 3.05) is 0 Å². The highest BCUT2D eigenvalue weighted by Gasteiger charge is 2.29. The van der Waals surface area contributed by atoms with Crippen LogP contribution in [0.5, 0.6) is 0 Å². The van der Waals surface area contributed by atoms with E-state index in [2.05, 4.69) is 20.6 Å². The standard InChI is InChI=1S/C14H19N5O2/c1-8-4-11-12(9(2)21-8)17-18-13(11)14(20)15-5-10-6-16-19(3)7-10/h6-9H,4-5H2,1-3H3,(H,15,20)(H,17,18)/t8-,9+/m1/s1. The van der Waals surface area contributed by atoms with Gasteiger partial charge in [0.25, 0.3) is 5.91 Å². The zero-order valence-electron chi connectivity index (χ0n) is 12.4. The van der Waals surface area contributed by atoms with Gasteiger partial charge in [0, 0.05) is 37.3 Å². The fourth-order valence-electron chi connectivity index (χ4n) is 2.69. The Morgan fingerprint density at radius 3 is 3.10 bits per heavy atom. The summed E-state index contributed by atoms with van der Waals surface area (Å²) in [5.41, 5.74) is 3.29. The molecule has 1 aliphatic rings. The number of rotatable bonds is 3. The molecule has 0 saturated heterocycles. The zero-order chi connectivity index (χ0) is 15.0. The van der Waals surface area contributed by atoms with Crippen molar-refractivity contribution < 1.29 is 9.53 Å². The molecule has 0 fully saturated rings. The van der Waals surface area contributed by atoms with Crippen LogP contribution in [0.25, 0.3) is 0 Å². The molecule has 2 aromatic rings. The second-order valence-electron chi connectivity index (χ2n) is 5.46. The highest BCUT2D eigenvalue weighted by atomic mass is 16.5. The van der Waals surface area contributed by atoms with Gasteiger partial charge in [-0.1, -0.05) is 0 Å². The Balaban J connectivity index is 1.73. The van der Waals surface area contributed by atoms with E-state index in [4.69, 9.17) is 4.74 Å². The van der Waals surface area contributed by atoms with Gasteiger partial charge in [-0.25, -0.2) is 0 Å². The van der Waals surface area contributed by atoms with Gasteiger partial charge in [-0.3, -0.25) is 14.6 Å². The van der Waals surface area contributed by atoms with Crippen molar-refractivity contribution in [3.05, 3.63) is 34.9 Å². The molecule has 0 unspecified atom stereocenters. The molecule has 0 saturated carbocycles. The molecule has 1 amide bonds. The summed E-state index contributed by atoms with van der Waals surface area (Å²) in [5.74, 6) is -0.169. The first kappa shape index (κ1) is 13.8.